The van der Waals surface area contributed by atoms with Gasteiger partial charge in [0, 0.05) is 17.1 Å². The Bertz CT molecular complexity index is 30.6. The van der Waals surface area contributed by atoms with E-state index in [9.17, 15) is 0 Å². The van der Waals surface area contributed by atoms with Gasteiger partial charge < -0.3 is 0 Å². The van der Waals surface area contributed by atoms with Crippen molar-refractivity contribution in [3.8, 4) is 0 Å². The summed E-state index contributed by atoms with van der Waals surface area (Å²) in [5.41, 5.74) is 0. The minimum atomic E-state index is -2.00. The van der Waals surface area contributed by atoms with Crippen LogP contribution in [0.15, 0.2) is 0 Å². The van der Waals surface area contributed by atoms with Gasteiger partial charge in [0.05, 0.1) is 0 Å². The average Bonchev–Trinajstić information content (AvgIpc) is 0.918. The summed E-state index contributed by atoms with van der Waals surface area (Å²) >= 11 is -2.00. The van der Waals surface area contributed by atoms with Crippen molar-refractivity contribution in [1.82, 2.24) is 0 Å². The number of hydrogen-bond donors (Lipinski definition) is 0. The molecule has 0 aromatic carbocycles. The Labute approximate surface area is 91.9 Å². The van der Waals surface area contributed by atoms with Gasteiger partial charge in [0.25, 0.3) is 0 Å². The minimum absolute atomic E-state index is 0. The van der Waals surface area contributed by atoms with E-state index in [1.165, 1.54) is 0 Å². The summed E-state index contributed by atoms with van der Waals surface area (Å²) in [6, 6.07) is 0. The molecule has 0 aliphatic heterocycles. The van der Waals surface area contributed by atoms with E-state index in [1.54, 1.807) is 0 Å². The van der Waals surface area contributed by atoms with E-state index in [0.717, 1.165) is 0 Å². The topological polar surface area (TPSA) is 34.1 Å². The summed E-state index contributed by atoms with van der Waals surface area (Å²) in [5.74, 6) is 0. The van der Waals surface area contributed by atoms with Crippen LogP contribution in [0.1, 0.15) is 0 Å². The molecule has 5 heteroatoms. The second-order valence-corrected chi connectivity index (χ2v) is 0.344. The van der Waals surface area contributed by atoms with E-state index in [4.69, 9.17) is 6.65 Å². The normalized spacial score (nSPS) is 1.60. The molecule has 0 aliphatic rings. The zero-order chi connectivity index (χ0) is 2.71. The molecule has 0 aliphatic carbocycles. The first-order valence-electron chi connectivity index (χ1n) is 0.408. The molecule has 0 rings (SSSR count). The third kappa shape index (κ3) is 21.2. The molecule has 5 heavy (non-hydrogen) atoms. The van der Waals surface area contributed by atoms with Crippen molar-refractivity contribution in [2.75, 3.05) is 0 Å². The van der Waals surface area contributed by atoms with Gasteiger partial charge in [-0.2, -0.15) is 0 Å². The maximum atomic E-state index is 8.50. The fourth-order valence-corrected chi connectivity index (χ4v) is 0. The molecule has 0 atom stereocenters. The molecule has 0 spiro atoms. The van der Waals surface area contributed by atoms with Gasteiger partial charge in [-0.25, -0.2) is 0 Å². The molecule has 0 radical (unpaired) electrons. The van der Waals surface area contributed by atoms with Gasteiger partial charge in [-0.3, -0.25) is 0 Å². The maximum absolute atomic E-state index is 8.50. The van der Waals surface area contributed by atoms with Crippen molar-refractivity contribution in [3.05, 3.63) is 0 Å². The van der Waals surface area contributed by atoms with Gasteiger partial charge in [0.15, 0.2) is 0 Å². The predicted molar refractivity (Wildman–Crippen MR) is 8.52 cm³/mol. The van der Waals surface area contributed by atoms with Crippen molar-refractivity contribution in [3.63, 3.8) is 0 Å². The van der Waals surface area contributed by atoms with Crippen LogP contribution in [0.4, 0.5) is 0 Å². The summed E-state index contributed by atoms with van der Waals surface area (Å²) < 4.78 is 17.0. The van der Waals surface area contributed by atoms with Crippen LogP contribution in [0.2, 0.25) is 0 Å². The van der Waals surface area contributed by atoms with E-state index in [-0.39, 0.29) is 68.5 Å². The van der Waals surface area contributed by atoms with Crippen LogP contribution in [0.25, 0.3) is 0 Å². The Kier molecular flexibility index (Phi) is 50.3. The standard InChI is InChI=1S/Fe.K.2O.Ti.H. The summed E-state index contributed by atoms with van der Waals surface area (Å²) in [6.45, 7) is 0. The number of hydrogen-bond acceptors (Lipinski definition) is 2. The van der Waals surface area contributed by atoms with E-state index < -0.39 is 19.1 Å². The van der Waals surface area contributed by atoms with Crippen LogP contribution < -0.4 is 0 Å². The molecule has 0 aromatic heterocycles. The van der Waals surface area contributed by atoms with Gasteiger partial charge in [-0.1, -0.05) is 0 Å². The first kappa shape index (κ1) is 15.6. The van der Waals surface area contributed by atoms with Crippen LogP contribution in [0.5, 0.6) is 0 Å². The predicted octanol–water partition coefficient (Wildman–Crippen LogP) is -0.891. The van der Waals surface area contributed by atoms with Gasteiger partial charge in [-0.15, -0.1) is 0 Å². The molecule has 0 fully saturated rings. The second-order valence-electron chi connectivity index (χ2n) is 0.0833. The molecule has 0 unspecified atom stereocenters. The first-order chi connectivity index (χ1) is 1.41. The Hall–Kier alpha value is 2.47. The summed E-state index contributed by atoms with van der Waals surface area (Å²) in [7, 11) is 0. The second kappa shape index (κ2) is 16.1. The SMILES string of the molecule is [Fe].[KH].[O]=[Ti]=[O]. The van der Waals surface area contributed by atoms with Crippen molar-refractivity contribution >= 4 is 51.4 Å². The van der Waals surface area contributed by atoms with Gasteiger partial charge in [0.1, 0.15) is 0 Å². The van der Waals surface area contributed by atoms with Crippen molar-refractivity contribution in [2.45, 2.75) is 0 Å². The fourth-order valence-electron chi connectivity index (χ4n) is 0. The van der Waals surface area contributed by atoms with Crippen LogP contribution in [0, 0.1) is 0 Å². The Balaban J connectivity index is -0.0000000200. The zero-order valence-electron chi connectivity index (χ0n) is 1.67. The first-order valence-corrected chi connectivity index (χ1v) is 1.68. The Morgan fingerprint density at radius 3 is 1.20 bits per heavy atom. The molecule has 0 amide bonds. The molecular formula is HFeKO2Ti. The van der Waals surface area contributed by atoms with Crippen LogP contribution in [-0.2, 0) is 42.8 Å². The third-order valence-electron chi connectivity index (χ3n) is 0. The quantitative estimate of drug-likeness (QED) is 0.448. The van der Waals surface area contributed by atoms with Crippen LogP contribution in [0.3, 0.4) is 0 Å². The van der Waals surface area contributed by atoms with E-state index >= 15 is 0 Å². The molecule has 0 bridgehead atoms. The van der Waals surface area contributed by atoms with E-state index in [1.807, 2.05) is 0 Å². The summed E-state index contributed by atoms with van der Waals surface area (Å²) in [5, 5.41) is 0. The Morgan fingerprint density at radius 1 is 1.20 bits per heavy atom. The van der Waals surface area contributed by atoms with Crippen LogP contribution >= 0.6 is 0 Å². The third-order valence-corrected chi connectivity index (χ3v) is 0. The molecule has 0 saturated heterocycles. The fraction of sp³-hybridized carbons (Fsp3) is 0. The summed E-state index contributed by atoms with van der Waals surface area (Å²) in [6.07, 6.45) is 0. The Morgan fingerprint density at radius 2 is 1.20 bits per heavy atom. The van der Waals surface area contributed by atoms with Gasteiger partial charge in [0.2, 0.25) is 0 Å². The molecule has 0 saturated carbocycles. The monoisotopic (exact) mass is 176 g/mol. The van der Waals surface area contributed by atoms with E-state index in [2.05, 4.69) is 0 Å². The van der Waals surface area contributed by atoms with E-state index in [0.29, 0.717) is 0 Å². The van der Waals surface area contributed by atoms with Crippen LogP contribution in [-0.4, -0.2) is 51.4 Å². The molecule has 0 N–H and O–H groups in total. The summed E-state index contributed by atoms with van der Waals surface area (Å²) in [4.78, 5) is 0. The molecular weight excluding hydrogens is 175 g/mol. The molecule has 26 valence electrons. The molecule has 0 heterocycles. The molecule has 2 nitrogen and oxygen atoms in total. The van der Waals surface area contributed by atoms with Crippen molar-refractivity contribution in [1.29, 1.82) is 0 Å². The van der Waals surface area contributed by atoms with Gasteiger partial charge in [-0.05, 0) is 0 Å². The molecule has 0 aromatic rings. The zero-order valence-corrected chi connectivity index (χ0v) is 4.34. The van der Waals surface area contributed by atoms with Crippen molar-refractivity contribution < 1.29 is 42.8 Å². The number of rotatable bonds is 0. The van der Waals surface area contributed by atoms with Gasteiger partial charge >= 0.3 is 77.1 Å². The van der Waals surface area contributed by atoms with Crippen molar-refractivity contribution in [2.24, 2.45) is 0 Å². The average molecular weight is 176 g/mol.